The molecule has 1 saturated heterocycles. The van der Waals surface area contributed by atoms with E-state index in [0.717, 1.165) is 25.7 Å². The number of benzene rings is 2. The molecule has 1 saturated carbocycles. The van der Waals surface area contributed by atoms with Crippen LogP contribution in [0.5, 0.6) is 23.0 Å². The Hall–Kier alpha value is -3.42. The summed E-state index contributed by atoms with van der Waals surface area (Å²) < 4.78 is 22.1. The van der Waals surface area contributed by atoms with E-state index in [1.54, 1.807) is 62.6 Å². The third-order valence-corrected chi connectivity index (χ3v) is 6.20. The van der Waals surface area contributed by atoms with E-state index < -0.39 is 5.92 Å². The number of anilines is 2. The highest BCUT2D eigenvalue weighted by atomic mass is 16.5. The van der Waals surface area contributed by atoms with E-state index in [9.17, 15) is 9.59 Å². The van der Waals surface area contributed by atoms with Crippen molar-refractivity contribution < 1.29 is 28.5 Å². The number of nitrogens with one attached hydrogen (secondary N) is 1. The second-order valence-corrected chi connectivity index (χ2v) is 8.32. The summed E-state index contributed by atoms with van der Waals surface area (Å²) in [6.07, 6.45) is 4.69. The van der Waals surface area contributed by atoms with Gasteiger partial charge in [0.2, 0.25) is 11.8 Å². The SMILES string of the molecule is COc1ccc(N2CC(C(=O)Nc3ccc(OC)c(OC4CCCC4)c3)CC2=O)cc1OC. The third-order valence-electron chi connectivity index (χ3n) is 6.20. The fraction of sp³-hybridized carbons (Fsp3) is 0.440. The van der Waals surface area contributed by atoms with Crippen LogP contribution in [0.4, 0.5) is 11.4 Å². The van der Waals surface area contributed by atoms with Gasteiger partial charge in [-0.3, -0.25) is 9.59 Å². The minimum atomic E-state index is -0.466. The molecular formula is C25H30N2O6. The van der Waals surface area contributed by atoms with Crippen molar-refractivity contribution in [3.8, 4) is 23.0 Å². The normalized spacial score (nSPS) is 18.3. The Balaban J connectivity index is 1.44. The van der Waals surface area contributed by atoms with E-state index in [1.165, 1.54) is 0 Å². The third kappa shape index (κ3) is 4.99. The van der Waals surface area contributed by atoms with Crippen molar-refractivity contribution in [2.75, 3.05) is 38.1 Å². The summed E-state index contributed by atoms with van der Waals surface area (Å²) in [6, 6.07) is 10.6. The van der Waals surface area contributed by atoms with E-state index >= 15 is 0 Å². The Morgan fingerprint density at radius 1 is 0.909 bits per heavy atom. The molecule has 0 spiro atoms. The number of carbonyl (C=O) groups is 2. The lowest BCUT2D eigenvalue weighted by molar-refractivity contribution is -0.122. The van der Waals surface area contributed by atoms with Gasteiger partial charge in [0.15, 0.2) is 23.0 Å². The highest BCUT2D eigenvalue weighted by molar-refractivity contribution is 6.03. The number of ether oxygens (including phenoxy) is 4. The Labute approximate surface area is 193 Å². The summed E-state index contributed by atoms with van der Waals surface area (Å²) in [7, 11) is 4.70. The number of methoxy groups -OCH3 is 3. The largest absolute Gasteiger partial charge is 0.493 e. The average Bonchev–Trinajstić information content (AvgIpc) is 3.48. The zero-order valence-corrected chi connectivity index (χ0v) is 19.3. The molecule has 1 N–H and O–H groups in total. The molecule has 2 aliphatic rings. The molecule has 2 aromatic rings. The van der Waals surface area contributed by atoms with E-state index in [-0.39, 0.29) is 24.3 Å². The number of carbonyl (C=O) groups excluding carboxylic acids is 2. The van der Waals surface area contributed by atoms with E-state index in [2.05, 4.69) is 5.32 Å². The first-order valence-corrected chi connectivity index (χ1v) is 11.2. The van der Waals surface area contributed by atoms with Crippen molar-refractivity contribution >= 4 is 23.2 Å². The highest BCUT2D eigenvalue weighted by Gasteiger charge is 2.35. The van der Waals surface area contributed by atoms with E-state index in [4.69, 9.17) is 18.9 Å². The van der Waals surface area contributed by atoms with Gasteiger partial charge in [-0.15, -0.1) is 0 Å². The van der Waals surface area contributed by atoms with Crippen molar-refractivity contribution in [1.82, 2.24) is 0 Å². The minimum Gasteiger partial charge on any atom is -0.493 e. The van der Waals surface area contributed by atoms with Crippen LogP contribution < -0.4 is 29.2 Å². The summed E-state index contributed by atoms with van der Waals surface area (Å²) in [5.41, 5.74) is 1.29. The highest BCUT2D eigenvalue weighted by Crippen LogP contribution is 2.36. The molecule has 2 aromatic carbocycles. The standard InChI is InChI=1S/C25H30N2O6/c1-30-20-11-9-18(14-22(20)32-3)27-15-16(12-24(27)28)25(29)26-17-8-10-21(31-2)23(13-17)33-19-6-4-5-7-19/h8-11,13-14,16,19H,4-7,12,15H2,1-3H3,(H,26,29). The van der Waals surface area contributed by atoms with Crippen molar-refractivity contribution in [2.45, 2.75) is 38.2 Å². The van der Waals surface area contributed by atoms with Crippen molar-refractivity contribution in [1.29, 1.82) is 0 Å². The summed E-state index contributed by atoms with van der Waals surface area (Å²) in [5, 5.41) is 2.94. The molecular weight excluding hydrogens is 424 g/mol. The fourth-order valence-corrected chi connectivity index (χ4v) is 4.40. The van der Waals surface area contributed by atoms with E-state index in [1.807, 2.05) is 0 Å². The van der Waals surface area contributed by atoms with Gasteiger partial charge in [-0.25, -0.2) is 0 Å². The van der Waals surface area contributed by atoms with Crippen LogP contribution >= 0.6 is 0 Å². The van der Waals surface area contributed by atoms with Crippen LogP contribution in [0.1, 0.15) is 32.1 Å². The van der Waals surface area contributed by atoms with Gasteiger partial charge in [-0.1, -0.05) is 0 Å². The average molecular weight is 455 g/mol. The summed E-state index contributed by atoms with van der Waals surface area (Å²) in [5.74, 6) is 1.59. The summed E-state index contributed by atoms with van der Waals surface area (Å²) >= 11 is 0. The molecule has 1 aliphatic heterocycles. The van der Waals surface area contributed by atoms with Crippen LogP contribution in [-0.2, 0) is 9.59 Å². The van der Waals surface area contributed by atoms with Crippen molar-refractivity contribution in [3.63, 3.8) is 0 Å². The molecule has 1 atom stereocenters. The predicted octanol–water partition coefficient (Wildman–Crippen LogP) is 4.03. The van der Waals surface area contributed by atoms with Gasteiger partial charge in [-0.05, 0) is 49.9 Å². The smallest absolute Gasteiger partial charge is 0.229 e. The Morgan fingerprint density at radius 2 is 1.58 bits per heavy atom. The Kier molecular flexibility index (Phi) is 6.91. The maximum absolute atomic E-state index is 13.0. The number of hydrogen-bond donors (Lipinski definition) is 1. The first-order chi connectivity index (χ1) is 16.0. The summed E-state index contributed by atoms with van der Waals surface area (Å²) in [6.45, 7) is 0.293. The molecule has 176 valence electrons. The van der Waals surface area contributed by atoms with Gasteiger partial charge >= 0.3 is 0 Å². The molecule has 0 bridgehead atoms. The lowest BCUT2D eigenvalue weighted by atomic mass is 10.1. The molecule has 2 amide bonds. The van der Waals surface area contributed by atoms with Crippen molar-refractivity contribution in [3.05, 3.63) is 36.4 Å². The molecule has 1 aliphatic carbocycles. The number of nitrogens with zero attached hydrogens (tertiary/aromatic N) is 1. The van der Waals surface area contributed by atoms with Crippen LogP contribution in [0.3, 0.4) is 0 Å². The molecule has 0 radical (unpaired) electrons. The fourth-order valence-electron chi connectivity index (χ4n) is 4.40. The van der Waals surface area contributed by atoms with Crippen molar-refractivity contribution in [2.24, 2.45) is 5.92 Å². The second kappa shape index (κ2) is 10.0. The molecule has 8 nitrogen and oxygen atoms in total. The molecule has 1 heterocycles. The Morgan fingerprint density at radius 3 is 2.27 bits per heavy atom. The van der Waals surface area contributed by atoms with Gasteiger partial charge in [0.05, 0.1) is 33.4 Å². The van der Waals surface area contributed by atoms with Gasteiger partial charge in [0.25, 0.3) is 0 Å². The van der Waals surface area contributed by atoms with Crippen LogP contribution in [0, 0.1) is 5.92 Å². The second-order valence-electron chi connectivity index (χ2n) is 8.32. The quantitative estimate of drug-likeness (QED) is 0.648. The summed E-state index contributed by atoms with van der Waals surface area (Å²) in [4.78, 5) is 27.2. The van der Waals surface area contributed by atoms with Crippen LogP contribution in [0.15, 0.2) is 36.4 Å². The molecule has 1 unspecified atom stereocenters. The van der Waals surface area contributed by atoms with Gasteiger partial charge < -0.3 is 29.2 Å². The lowest BCUT2D eigenvalue weighted by Gasteiger charge is -2.19. The molecule has 33 heavy (non-hydrogen) atoms. The maximum Gasteiger partial charge on any atom is 0.229 e. The number of hydrogen-bond acceptors (Lipinski definition) is 6. The van der Waals surface area contributed by atoms with E-state index in [0.29, 0.717) is 40.9 Å². The molecule has 4 rings (SSSR count). The minimum absolute atomic E-state index is 0.109. The van der Waals surface area contributed by atoms with Crippen LogP contribution in [-0.4, -0.2) is 45.8 Å². The first kappa shape index (κ1) is 22.8. The van der Waals surface area contributed by atoms with Gasteiger partial charge in [0, 0.05) is 36.5 Å². The van der Waals surface area contributed by atoms with Crippen LogP contribution in [0.25, 0.3) is 0 Å². The maximum atomic E-state index is 13.0. The molecule has 8 heteroatoms. The first-order valence-electron chi connectivity index (χ1n) is 11.2. The Bertz CT molecular complexity index is 1020. The molecule has 0 aromatic heterocycles. The number of rotatable bonds is 8. The van der Waals surface area contributed by atoms with Crippen LogP contribution in [0.2, 0.25) is 0 Å². The van der Waals surface area contributed by atoms with Gasteiger partial charge in [0.1, 0.15) is 0 Å². The monoisotopic (exact) mass is 454 g/mol. The zero-order valence-electron chi connectivity index (χ0n) is 19.3. The number of amides is 2. The van der Waals surface area contributed by atoms with Gasteiger partial charge in [-0.2, -0.15) is 0 Å². The topological polar surface area (TPSA) is 86.3 Å². The zero-order chi connectivity index (χ0) is 23.4. The predicted molar refractivity (Wildman–Crippen MR) is 125 cm³/mol. The lowest BCUT2D eigenvalue weighted by Crippen LogP contribution is -2.28. The molecule has 2 fully saturated rings.